The van der Waals surface area contributed by atoms with Crippen molar-refractivity contribution < 1.29 is 39.2 Å². The summed E-state index contributed by atoms with van der Waals surface area (Å²) in [7, 11) is 0. The van der Waals surface area contributed by atoms with Crippen molar-refractivity contribution in [2.75, 3.05) is 26.2 Å². The lowest BCUT2D eigenvalue weighted by Crippen LogP contribution is -2.46. The highest BCUT2D eigenvalue weighted by Crippen LogP contribution is 2.48. The third kappa shape index (κ3) is 8.78. The molecule has 1 aromatic rings. The van der Waals surface area contributed by atoms with Crippen molar-refractivity contribution in [1.82, 2.24) is 4.90 Å². The van der Waals surface area contributed by atoms with Crippen molar-refractivity contribution in [3.05, 3.63) is 35.9 Å². The molecule has 0 bridgehead atoms. The molecule has 0 amide bonds. The van der Waals surface area contributed by atoms with Crippen LogP contribution in [0.5, 0.6) is 0 Å². The minimum absolute atomic E-state index is 0.111. The van der Waals surface area contributed by atoms with Gasteiger partial charge in [-0.1, -0.05) is 71.9 Å². The summed E-state index contributed by atoms with van der Waals surface area (Å²) >= 11 is 0. The van der Waals surface area contributed by atoms with Gasteiger partial charge in [0, 0.05) is 12.5 Å². The molecule has 0 saturated heterocycles. The number of rotatable bonds is 12. The van der Waals surface area contributed by atoms with Crippen LogP contribution in [0.25, 0.3) is 0 Å². The number of benzene rings is 1. The predicted molar refractivity (Wildman–Crippen MR) is 125 cm³/mol. The Balaban J connectivity index is 3.25. The molecule has 0 radical (unpaired) electrons. The fraction of sp³-hybridized carbons (Fsp3) is 0.600. The van der Waals surface area contributed by atoms with Gasteiger partial charge in [-0.05, 0) is 16.4 Å². The molecule has 0 aromatic heterocycles. The van der Waals surface area contributed by atoms with Gasteiger partial charge in [0.15, 0.2) is 0 Å². The fourth-order valence-electron chi connectivity index (χ4n) is 4.38. The third-order valence-corrected chi connectivity index (χ3v) is 5.65. The summed E-state index contributed by atoms with van der Waals surface area (Å²) in [5.74, 6) is -6.84. The number of hydrogen-bond donors (Lipinski definition) is 3. The lowest BCUT2D eigenvalue weighted by Gasteiger charge is -2.42. The number of aliphatic carboxylic acids is 3. The Morgan fingerprint density at radius 1 is 0.853 bits per heavy atom. The van der Waals surface area contributed by atoms with Crippen molar-refractivity contribution in [3.63, 3.8) is 0 Å². The van der Waals surface area contributed by atoms with Crippen LogP contribution < -0.4 is 0 Å². The second-order valence-corrected chi connectivity index (χ2v) is 10.6. The molecule has 9 heteroatoms. The van der Waals surface area contributed by atoms with Crippen LogP contribution in [0.15, 0.2) is 30.3 Å². The molecular weight excluding hydrogens is 442 g/mol. The van der Waals surface area contributed by atoms with Gasteiger partial charge in [0.05, 0.1) is 24.9 Å². The molecule has 0 aliphatic carbocycles. The first-order valence-electron chi connectivity index (χ1n) is 11.2. The van der Waals surface area contributed by atoms with E-state index in [1.54, 1.807) is 20.8 Å². The summed E-state index contributed by atoms with van der Waals surface area (Å²) in [6, 6.07) is 9.21. The Labute approximate surface area is 200 Å². The fourth-order valence-corrected chi connectivity index (χ4v) is 4.38. The van der Waals surface area contributed by atoms with Crippen LogP contribution in [-0.2, 0) is 23.9 Å². The maximum atomic E-state index is 13.3. The van der Waals surface area contributed by atoms with E-state index >= 15 is 0 Å². The number of esters is 1. The second-order valence-electron chi connectivity index (χ2n) is 10.6. The highest BCUT2D eigenvalue weighted by molar-refractivity contribution is 5.83. The number of carboxylic acids is 3. The number of hydrogen-bond acceptors (Lipinski definition) is 6. The topological polar surface area (TPSA) is 141 Å². The van der Waals surface area contributed by atoms with Crippen LogP contribution in [0.1, 0.15) is 53.0 Å². The van der Waals surface area contributed by atoms with E-state index in [9.17, 15) is 24.3 Å². The number of carboxylic acid groups (broad SMARTS) is 3. The lowest BCUT2D eigenvalue weighted by atomic mass is 9.61. The van der Waals surface area contributed by atoms with Gasteiger partial charge in [0.2, 0.25) is 0 Å². The molecule has 0 fully saturated rings. The van der Waals surface area contributed by atoms with Crippen LogP contribution in [0, 0.1) is 22.7 Å². The molecule has 3 atom stereocenters. The largest absolute Gasteiger partial charge is 0.481 e. The monoisotopic (exact) mass is 479 g/mol. The molecule has 34 heavy (non-hydrogen) atoms. The van der Waals surface area contributed by atoms with Gasteiger partial charge < -0.3 is 20.1 Å². The van der Waals surface area contributed by atoms with Crippen LogP contribution in [0.4, 0.5) is 0 Å². The zero-order valence-corrected chi connectivity index (χ0v) is 20.8. The minimum Gasteiger partial charge on any atom is -0.481 e. The molecule has 1 aromatic carbocycles. The van der Waals surface area contributed by atoms with E-state index in [0.29, 0.717) is 0 Å². The summed E-state index contributed by atoms with van der Waals surface area (Å²) in [4.78, 5) is 49.0. The Morgan fingerprint density at radius 3 is 1.74 bits per heavy atom. The molecule has 3 unspecified atom stereocenters. The van der Waals surface area contributed by atoms with Crippen molar-refractivity contribution in [2.45, 2.75) is 47.5 Å². The van der Waals surface area contributed by atoms with E-state index in [-0.39, 0.29) is 13.2 Å². The zero-order valence-electron chi connectivity index (χ0n) is 20.8. The lowest BCUT2D eigenvalue weighted by molar-refractivity contribution is -0.165. The van der Waals surface area contributed by atoms with Gasteiger partial charge in [0.25, 0.3) is 0 Å². The number of carbonyl (C=O) groups excluding carboxylic acids is 1. The third-order valence-electron chi connectivity index (χ3n) is 5.65. The highest BCUT2D eigenvalue weighted by atomic mass is 16.5. The summed E-state index contributed by atoms with van der Waals surface area (Å²) in [5, 5.41) is 28.3. The van der Waals surface area contributed by atoms with E-state index < -0.39 is 65.6 Å². The summed E-state index contributed by atoms with van der Waals surface area (Å²) in [5.41, 5.74) is -0.452. The maximum Gasteiger partial charge on any atom is 0.317 e. The SMILES string of the molecule is CC(C)(C)C(C(=O)OCCN(CC(=O)O)CC(=O)O)C(C(=O)O)C(c1ccccc1)C(C)(C)C. The molecule has 1 rings (SSSR count). The van der Waals surface area contributed by atoms with Gasteiger partial charge in [0.1, 0.15) is 6.61 Å². The first-order valence-corrected chi connectivity index (χ1v) is 11.2. The predicted octanol–water partition coefficient (Wildman–Crippen LogP) is 3.19. The van der Waals surface area contributed by atoms with Crippen molar-refractivity contribution in [3.8, 4) is 0 Å². The first kappa shape index (κ1) is 29.1. The molecule has 190 valence electrons. The number of carbonyl (C=O) groups is 4. The summed E-state index contributed by atoms with van der Waals surface area (Å²) in [6.07, 6.45) is 0. The molecule has 3 N–H and O–H groups in total. The Kier molecular flexibility index (Phi) is 10.2. The van der Waals surface area contributed by atoms with E-state index in [2.05, 4.69) is 0 Å². The second kappa shape index (κ2) is 12.0. The molecule has 0 aliphatic rings. The van der Waals surface area contributed by atoms with Crippen LogP contribution >= 0.6 is 0 Å². The van der Waals surface area contributed by atoms with Gasteiger partial charge in [-0.15, -0.1) is 0 Å². The molecule has 0 spiro atoms. The van der Waals surface area contributed by atoms with Crippen LogP contribution in [-0.4, -0.2) is 70.3 Å². The zero-order chi connectivity index (χ0) is 26.3. The van der Waals surface area contributed by atoms with Crippen molar-refractivity contribution >= 4 is 23.9 Å². The first-order chi connectivity index (χ1) is 15.6. The quantitative estimate of drug-likeness (QED) is 0.385. The number of nitrogens with zero attached hydrogens (tertiary/aromatic N) is 1. The maximum absolute atomic E-state index is 13.3. The Morgan fingerprint density at radius 2 is 1.35 bits per heavy atom. The van der Waals surface area contributed by atoms with E-state index in [1.165, 1.54) is 0 Å². The smallest absolute Gasteiger partial charge is 0.317 e. The number of ether oxygens (including phenoxy) is 1. The average molecular weight is 480 g/mol. The van der Waals surface area contributed by atoms with Crippen LogP contribution in [0.3, 0.4) is 0 Å². The average Bonchev–Trinajstić information content (AvgIpc) is 2.65. The van der Waals surface area contributed by atoms with E-state index in [4.69, 9.17) is 14.9 Å². The Bertz CT molecular complexity index is 838. The molecular formula is C25H37NO8. The van der Waals surface area contributed by atoms with Crippen molar-refractivity contribution in [2.24, 2.45) is 22.7 Å². The standard InChI is InChI=1S/C25H37NO8/c1-24(2,3)20(16-10-8-7-9-11-16)19(22(31)32)21(25(4,5)6)23(33)34-13-12-26(14-17(27)28)15-18(29)30/h7-11,19-21H,12-15H2,1-6H3,(H,27,28)(H,29,30)(H,31,32). The van der Waals surface area contributed by atoms with Crippen molar-refractivity contribution in [1.29, 1.82) is 0 Å². The van der Waals surface area contributed by atoms with Gasteiger partial charge in [-0.25, -0.2) is 0 Å². The summed E-state index contributed by atoms with van der Waals surface area (Å²) < 4.78 is 5.42. The molecule has 0 aliphatic heterocycles. The van der Waals surface area contributed by atoms with Crippen LogP contribution in [0.2, 0.25) is 0 Å². The molecule has 9 nitrogen and oxygen atoms in total. The minimum atomic E-state index is -1.21. The normalized spacial score (nSPS) is 14.8. The van der Waals surface area contributed by atoms with E-state index in [1.807, 2.05) is 51.1 Å². The molecule has 0 saturated carbocycles. The van der Waals surface area contributed by atoms with Gasteiger partial charge in [-0.3, -0.25) is 24.1 Å². The Hall–Kier alpha value is -2.94. The molecule has 0 heterocycles. The summed E-state index contributed by atoms with van der Waals surface area (Å²) in [6.45, 7) is 9.71. The van der Waals surface area contributed by atoms with Gasteiger partial charge >= 0.3 is 23.9 Å². The van der Waals surface area contributed by atoms with E-state index in [0.717, 1.165) is 10.5 Å². The van der Waals surface area contributed by atoms with Gasteiger partial charge in [-0.2, -0.15) is 0 Å². The highest BCUT2D eigenvalue weighted by Gasteiger charge is 2.50.